The molecule has 0 amide bonds. The van der Waals surface area contributed by atoms with Gasteiger partial charge in [0, 0.05) is 0 Å². The van der Waals surface area contributed by atoms with Crippen LogP contribution in [0.3, 0.4) is 0 Å². The van der Waals surface area contributed by atoms with E-state index in [4.69, 9.17) is 4.74 Å². The molecule has 4 heteroatoms. The third-order valence-electron chi connectivity index (χ3n) is 2.10. The smallest absolute Gasteiger partial charge is 0.331 e. The Labute approximate surface area is 90.7 Å². The summed E-state index contributed by atoms with van der Waals surface area (Å²) < 4.78 is 4.80. The number of nitrogens with zero attached hydrogens (tertiary/aromatic N) is 1. The van der Waals surface area contributed by atoms with Crippen LogP contribution in [-0.2, 0) is 14.3 Å². The van der Waals surface area contributed by atoms with Gasteiger partial charge in [-0.1, -0.05) is 32.6 Å². The maximum atomic E-state index is 11.3. The van der Waals surface area contributed by atoms with E-state index in [1.54, 1.807) is 6.92 Å². The van der Waals surface area contributed by atoms with Crippen LogP contribution in [0.15, 0.2) is 4.99 Å². The van der Waals surface area contributed by atoms with Crippen molar-refractivity contribution in [2.45, 2.75) is 52.0 Å². The Bertz CT molecular complexity index is 222. The van der Waals surface area contributed by atoms with Crippen LogP contribution in [0.4, 0.5) is 0 Å². The Kier molecular flexibility index (Phi) is 8.69. The molecule has 0 heterocycles. The average Bonchev–Trinajstić information content (AvgIpc) is 2.23. The van der Waals surface area contributed by atoms with Crippen LogP contribution in [0.1, 0.15) is 46.0 Å². The number of carbonyl (C=O) groups is 1. The van der Waals surface area contributed by atoms with Crippen LogP contribution >= 0.6 is 0 Å². The van der Waals surface area contributed by atoms with Crippen molar-refractivity contribution in [1.29, 1.82) is 0 Å². The third kappa shape index (κ3) is 6.86. The van der Waals surface area contributed by atoms with Gasteiger partial charge in [-0.15, -0.1) is 0 Å². The Morgan fingerprint density at radius 3 is 2.60 bits per heavy atom. The summed E-state index contributed by atoms with van der Waals surface area (Å²) in [6.07, 6.45) is 6.23. The Hall–Kier alpha value is -1.15. The monoisotopic (exact) mass is 213 g/mol. The minimum atomic E-state index is -0.653. The first kappa shape index (κ1) is 13.8. The van der Waals surface area contributed by atoms with Gasteiger partial charge in [-0.05, 0) is 13.3 Å². The van der Waals surface area contributed by atoms with Crippen molar-refractivity contribution in [3.63, 3.8) is 0 Å². The molecular weight excluding hydrogens is 194 g/mol. The van der Waals surface area contributed by atoms with Crippen LogP contribution in [-0.4, -0.2) is 24.7 Å². The number of carbonyl (C=O) groups excluding carboxylic acids is 2. The van der Waals surface area contributed by atoms with E-state index in [2.05, 4.69) is 11.9 Å². The number of esters is 1. The molecule has 0 spiro atoms. The first-order valence-electron chi connectivity index (χ1n) is 5.49. The molecule has 0 N–H and O–H groups in total. The predicted octanol–water partition coefficient (Wildman–Crippen LogP) is 2.22. The Morgan fingerprint density at radius 2 is 2.07 bits per heavy atom. The van der Waals surface area contributed by atoms with Crippen molar-refractivity contribution in [3.05, 3.63) is 0 Å². The van der Waals surface area contributed by atoms with Gasteiger partial charge in [-0.3, -0.25) is 0 Å². The number of ether oxygens (including phenoxy) is 1. The molecule has 0 saturated carbocycles. The summed E-state index contributed by atoms with van der Waals surface area (Å²) in [7, 11) is 0. The summed E-state index contributed by atoms with van der Waals surface area (Å²) >= 11 is 0. The maximum Gasteiger partial charge on any atom is 0.331 e. The van der Waals surface area contributed by atoms with Crippen LogP contribution in [0.2, 0.25) is 0 Å². The lowest BCUT2D eigenvalue weighted by Gasteiger charge is -2.08. The molecule has 0 aromatic carbocycles. The van der Waals surface area contributed by atoms with Crippen LogP contribution in [0.5, 0.6) is 0 Å². The predicted molar refractivity (Wildman–Crippen MR) is 57.3 cm³/mol. The summed E-state index contributed by atoms with van der Waals surface area (Å²) in [5.74, 6) is -0.419. The van der Waals surface area contributed by atoms with Crippen LogP contribution < -0.4 is 0 Å². The van der Waals surface area contributed by atoms with Crippen molar-refractivity contribution >= 4 is 12.0 Å². The summed E-state index contributed by atoms with van der Waals surface area (Å²) in [6, 6.07) is -0.653. The van der Waals surface area contributed by atoms with E-state index < -0.39 is 12.0 Å². The summed E-state index contributed by atoms with van der Waals surface area (Å²) in [6.45, 7) is 4.17. The molecule has 0 aliphatic rings. The molecule has 15 heavy (non-hydrogen) atoms. The van der Waals surface area contributed by atoms with Gasteiger partial charge in [0.25, 0.3) is 0 Å². The summed E-state index contributed by atoms with van der Waals surface area (Å²) in [5, 5.41) is 0. The van der Waals surface area contributed by atoms with Crippen molar-refractivity contribution < 1.29 is 14.3 Å². The second-order valence-corrected chi connectivity index (χ2v) is 3.34. The molecule has 86 valence electrons. The van der Waals surface area contributed by atoms with E-state index in [0.717, 1.165) is 25.7 Å². The fourth-order valence-electron chi connectivity index (χ4n) is 1.30. The van der Waals surface area contributed by atoms with Crippen molar-refractivity contribution in [1.82, 2.24) is 0 Å². The van der Waals surface area contributed by atoms with E-state index in [1.165, 1.54) is 6.08 Å². The molecule has 0 bridgehead atoms. The lowest BCUT2D eigenvalue weighted by atomic mass is 10.1. The lowest BCUT2D eigenvalue weighted by Crippen LogP contribution is -2.21. The van der Waals surface area contributed by atoms with E-state index in [0.29, 0.717) is 13.0 Å². The topological polar surface area (TPSA) is 55.7 Å². The van der Waals surface area contributed by atoms with Crippen molar-refractivity contribution in [3.8, 4) is 0 Å². The molecule has 0 aliphatic carbocycles. The molecule has 0 rings (SSSR count). The van der Waals surface area contributed by atoms with E-state index in [1.807, 2.05) is 0 Å². The zero-order valence-electron chi connectivity index (χ0n) is 9.49. The lowest BCUT2D eigenvalue weighted by molar-refractivity contribution is -0.144. The standard InChI is InChI=1S/C11H19NO3/c1-3-5-6-7-8-10(12-9-13)11(14)15-4-2/h10H,3-8H2,1-2H3. The normalized spacial score (nSPS) is 11.6. The largest absolute Gasteiger partial charge is 0.464 e. The van der Waals surface area contributed by atoms with Gasteiger partial charge in [0.05, 0.1) is 6.61 Å². The number of hydrogen-bond donors (Lipinski definition) is 0. The van der Waals surface area contributed by atoms with Gasteiger partial charge in [-0.25, -0.2) is 9.59 Å². The highest BCUT2D eigenvalue weighted by molar-refractivity contribution is 5.76. The number of hydrogen-bond acceptors (Lipinski definition) is 4. The minimum Gasteiger partial charge on any atom is -0.464 e. The quantitative estimate of drug-likeness (QED) is 0.269. The van der Waals surface area contributed by atoms with E-state index >= 15 is 0 Å². The molecule has 4 nitrogen and oxygen atoms in total. The molecular formula is C11H19NO3. The highest BCUT2D eigenvalue weighted by atomic mass is 16.5. The number of aliphatic imine (C=N–C) groups is 1. The summed E-state index contributed by atoms with van der Waals surface area (Å²) in [4.78, 5) is 24.9. The van der Waals surface area contributed by atoms with Gasteiger partial charge >= 0.3 is 5.97 Å². The van der Waals surface area contributed by atoms with E-state index in [9.17, 15) is 9.59 Å². The maximum absolute atomic E-state index is 11.3. The fourth-order valence-corrected chi connectivity index (χ4v) is 1.30. The highest BCUT2D eigenvalue weighted by Gasteiger charge is 2.17. The first-order valence-corrected chi connectivity index (χ1v) is 5.49. The fraction of sp³-hybridized carbons (Fsp3) is 0.818. The van der Waals surface area contributed by atoms with Gasteiger partial charge in [0.15, 0.2) is 6.04 Å². The molecule has 0 radical (unpaired) electrons. The SMILES string of the molecule is CCCCCCC(N=C=O)C(=O)OCC. The second kappa shape index (κ2) is 9.41. The average molecular weight is 213 g/mol. The highest BCUT2D eigenvalue weighted by Crippen LogP contribution is 2.09. The van der Waals surface area contributed by atoms with Gasteiger partial charge in [0.1, 0.15) is 0 Å². The van der Waals surface area contributed by atoms with Crippen LogP contribution in [0.25, 0.3) is 0 Å². The first-order chi connectivity index (χ1) is 7.26. The molecule has 1 atom stereocenters. The van der Waals surface area contributed by atoms with Gasteiger partial charge in [-0.2, -0.15) is 4.99 Å². The Morgan fingerprint density at radius 1 is 1.33 bits per heavy atom. The molecule has 0 fully saturated rings. The number of isocyanates is 1. The van der Waals surface area contributed by atoms with Gasteiger partial charge in [0.2, 0.25) is 6.08 Å². The molecule has 0 saturated heterocycles. The molecule has 1 unspecified atom stereocenters. The molecule has 0 aromatic heterocycles. The molecule has 0 aliphatic heterocycles. The zero-order chi connectivity index (χ0) is 11.5. The minimum absolute atomic E-state index is 0.318. The second-order valence-electron chi connectivity index (χ2n) is 3.34. The van der Waals surface area contributed by atoms with Gasteiger partial charge < -0.3 is 4.74 Å². The van der Waals surface area contributed by atoms with Crippen molar-refractivity contribution in [2.75, 3.05) is 6.61 Å². The Balaban J connectivity index is 3.93. The molecule has 0 aromatic rings. The third-order valence-corrected chi connectivity index (χ3v) is 2.10. The number of unbranched alkanes of at least 4 members (excludes halogenated alkanes) is 3. The number of rotatable bonds is 8. The zero-order valence-corrected chi connectivity index (χ0v) is 9.49. The van der Waals surface area contributed by atoms with Crippen molar-refractivity contribution in [2.24, 2.45) is 4.99 Å². The van der Waals surface area contributed by atoms with E-state index in [-0.39, 0.29) is 0 Å². The summed E-state index contributed by atoms with van der Waals surface area (Å²) in [5.41, 5.74) is 0. The van der Waals surface area contributed by atoms with Crippen LogP contribution in [0, 0.1) is 0 Å².